The van der Waals surface area contributed by atoms with E-state index in [1.165, 1.54) is 19.3 Å². The van der Waals surface area contributed by atoms with Crippen LogP contribution in [0.4, 0.5) is 27.9 Å². The van der Waals surface area contributed by atoms with Gasteiger partial charge in [0.1, 0.15) is 35.2 Å². The Labute approximate surface area is 245 Å². The monoisotopic (exact) mass is 620 g/mol. The fourth-order valence-corrected chi connectivity index (χ4v) is 5.21. The van der Waals surface area contributed by atoms with Crippen molar-refractivity contribution >= 4 is 17.2 Å². The average molecular weight is 621 g/mol. The lowest BCUT2D eigenvalue weighted by Gasteiger charge is -2.26. The Hall–Kier alpha value is -4.05. The average Bonchev–Trinajstić information content (AvgIpc) is 2.96. The number of halogens is 5. The van der Waals surface area contributed by atoms with Gasteiger partial charge in [-0.2, -0.15) is 0 Å². The van der Waals surface area contributed by atoms with E-state index in [2.05, 4.69) is 25.6 Å². The topological polar surface area (TPSA) is 121 Å². The minimum atomic E-state index is -2.90. The van der Waals surface area contributed by atoms with Crippen LogP contribution in [0.15, 0.2) is 54.9 Å². The number of benzene rings is 2. The highest BCUT2D eigenvalue weighted by Crippen LogP contribution is 2.38. The summed E-state index contributed by atoms with van der Waals surface area (Å²) in [6.45, 7) is 2.04. The van der Waals surface area contributed by atoms with Gasteiger partial charge in [-0.15, -0.1) is 0 Å². The van der Waals surface area contributed by atoms with Crippen LogP contribution in [-0.2, 0) is 11.3 Å². The molecular weight excluding hydrogens is 595 g/mol. The molecule has 4 aromatic rings. The second kappa shape index (κ2) is 13.1. The predicted molar refractivity (Wildman–Crippen MR) is 148 cm³/mol. The van der Waals surface area contributed by atoms with E-state index in [0.717, 1.165) is 24.3 Å². The molecule has 0 bridgehead atoms. The number of anilines is 1. The second-order valence-electron chi connectivity index (χ2n) is 9.70. The maximum atomic E-state index is 15.7. The number of aromatic nitrogens is 3. The number of pyridine rings is 1. The molecule has 1 aliphatic rings. The van der Waals surface area contributed by atoms with Crippen molar-refractivity contribution < 1.29 is 35.5 Å². The lowest BCUT2D eigenvalue weighted by Crippen LogP contribution is -2.44. The zero-order valence-electron chi connectivity index (χ0n) is 22.5. The third-order valence-corrected chi connectivity index (χ3v) is 7.22. The van der Waals surface area contributed by atoms with E-state index in [0.29, 0.717) is 17.8 Å². The van der Waals surface area contributed by atoms with Gasteiger partial charge >= 0.3 is 0 Å². The molecule has 2 aromatic carbocycles. The van der Waals surface area contributed by atoms with Gasteiger partial charge in [-0.05, 0) is 37.3 Å². The first-order chi connectivity index (χ1) is 20.6. The zero-order valence-corrected chi connectivity index (χ0v) is 23.3. The molecule has 0 radical (unpaired) electrons. The van der Waals surface area contributed by atoms with E-state index < -0.39 is 57.9 Å². The maximum absolute atomic E-state index is 15.7. The zero-order chi connectivity index (χ0) is 30.7. The molecule has 4 N–H and O–H groups in total. The molecule has 226 valence electrons. The Bertz CT molecular complexity index is 1650. The van der Waals surface area contributed by atoms with Gasteiger partial charge in [0.15, 0.2) is 0 Å². The number of alkyl halides is 1. The smallest absolute Gasteiger partial charge is 0.232 e. The van der Waals surface area contributed by atoms with Gasteiger partial charge in [0, 0.05) is 60.7 Å². The first-order valence-corrected chi connectivity index (χ1v) is 14.1. The van der Waals surface area contributed by atoms with E-state index in [-0.39, 0.29) is 42.1 Å². The maximum Gasteiger partial charge on any atom is 0.232 e. The molecule has 1 saturated heterocycles. The molecule has 2 unspecified atom stereocenters. The Morgan fingerprint density at radius 3 is 2.51 bits per heavy atom. The summed E-state index contributed by atoms with van der Waals surface area (Å²) in [5.74, 6) is -5.09. The molecule has 0 spiro atoms. The fraction of sp³-hybridized carbons (Fsp3) is 0.250. The first-order valence-electron chi connectivity index (χ1n) is 13.0. The summed E-state index contributed by atoms with van der Waals surface area (Å²) < 4.78 is 103. The lowest BCUT2D eigenvalue weighted by molar-refractivity contribution is 0.254. The standard InChI is InChI=1S/C28H25F5N6O3S/c1-14-22(11-20(32)24(25(14)33)26(39-43(40)41)23-18(30)5-2-6-19(23)31)42-27-17(4-3-8-35-27)21-7-9-36-28(38-21)37-16-10-15(29)12-34-13-16/h2-9,11,15-16,26,34,39H,10,12-13H2,1H3,(H,40,41)(H,36,37,38)/t15-,16-,26?/m0/s1. The number of hydrogen-bond acceptors (Lipinski definition) is 7. The minimum Gasteiger partial charge on any atom is -0.438 e. The van der Waals surface area contributed by atoms with Crippen LogP contribution in [0.5, 0.6) is 11.6 Å². The van der Waals surface area contributed by atoms with E-state index in [9.17, 15) is 21.9 Å². The van der Waals surface area contributed by atoms with Crippen molar-refractivity contribution in [2.75, 3.05) is 18.4 Å². The Kier molecular flexibility index (Phi) is 9.25. The number of nitrogens with one attached hydrogen (secondary N) is 3. The number of ether oxygens (including phenoxy) is 1. The minimum absolute atomic E-state index is 0.0729. The Balaban J connectivity index is 1.48. The summed E-state index contributed by atoms with van der Waals surface area (Å²) in [5.41, 5.74) is -1.32. The largest absolute Gasteiger partial charge is 0.438 e. The predicted octanol–water partition coefficient (Wildman–Crippen LogP) is 5.12. The van der Waals surface area contributed by atoms with E-state index >= 15 is 8.78 Å². The highest BCUT2D eigenvalue weighted by molar-refractivity contribution is 7.77. The van der Waals surface area contributed by atoms with Crippen LogP contribution in [0, 0.1) is 30.2 Å². The van der Waals surface area contributed by atoms with Gasteiger partial charge in [-0.3, -0.25) is 4.55 Å². The van der Waals surface area contributed by atoms with Crippen molar-refractivity contribution in [1.29, 1.82) is 0 Å². The van der Waals surface area contributed by atoms with Crippen molar-refractivity contribution in [3.63, 3.8) is 0 Å². The summed E-state index contributed by atoms with van der Waals surface area (Å²) in [4.78, 5) is 12.8. The first kappa shape index (κ1) is 30.4. The lowest BCUT2D eigenvalue weighted by atomic mass is 9.95. The van der Waals surface area contributed by atoms with E-state index in [4.69, 9.17) is 4.74 Å². The van der Waals surface area contributed by atoms with Crippen LogP contribution >= 0.6 is 0 Å². The van der Waals surface area contributed by atoms with E-state index in [1.807, 2.05) is 4.72 Å². The molecule has 0 aliphatic carbocycles. The molecule has 1 aliphatic heterocycles. The number of piperidine rings is 1. The van der Waals surface area contributed by atoms with Crippen LogP contribution in [0.2, 0.25) is 0 Å². The highest BCUT2D eigenvalue weighted by Gasteiger charge is 2.31. The normalized spacial score (nSPS) is 18.2. The van der Waals surface area contributed by atoms with Gasteiger partial charge in [0.25, 0.3) is 0 Å². The summed E-state index contributed by atoms with van der Waals surface area (Å²) in [5, 5.41) is 6.07. The van der Waals surface area contributed by atoms with Crippen LogP contribution in [0.25, 0.3) is 11.3 Å². The van der Waals surface area contributed by atoms with Crippen LogP contribution in [0.1, 0.15) is 29.2 Å². The molecule has 4 atom stereocenters. The van der Waals surface area contributed by atoms with Gasteiger partial charge in [0.2, 0.25) is 23.1 Å². The molecule has 1 fully saturated rings. The van der Waals surface area contributed by atoms with Crippen molar-refractivity contribution in [2.24, 2.45) is 0 Å². The summed E-state index contributed by atoms with van der Waals surface area (Å²) in [6, 6.07) is 6.09. The van der Waals surface area contributed by atoms with Crippen LogP contribution in [-0.4, -0.2) is 49.0 Å². The third kappa shape index (κ3) is 6.80. The van der Waals surface area contributed by atoms with Crippen LogP contribution < -0.4 is 20.1 Å². The quantitative estimate of drug-likeness (QED) is 0.150. The second-order valence-corrected chi connectivity index (χ2v) is 10.4. The SMILES string of the molecule is Cc1c(Oc2ncccc2-c2ccnc(N[C@@H]3CNC[C@@H](F)C3)n2)cc(F)c(C(NS(=O)O)c2c(F)cccc2F)c1F. The van der Waals surface area contributed by atoms with Crippen molar-refractivity contribution in [2.45, 2.75) is 31.6 Å². The molecule has 2 aromatic heterocycles. The molecular formula is C28H25F5N6O3S. The van der Waals surface area contributed by atoms with Crippen molar-refractivity contribution in [3.05, 3.63) is 94.8 Å². The fourth-order valence-electron chi connectivity index (χ4n) is 4.77. The molecule has 43 heavy (non-hydrogen) atoms. The molecule has 0 amide bonds. The molecule has 3 heterocycles. The number of hydrogen-bond donors (Lipinski definition) is 4. The van der Waals surface area contributed by atoms with Gasteiger partial charge in [0.05, 0.1) is 17.3 Å². The Morgan fingerprint density at radius 1 is 1.02 bits per heavy atom. The van der Waals surface area contributed by atoms with Crippen molar-refractivity contribution in [3.8, 4) is 22.9 Å². The Morgan fingerprint density at radius 2 is 1.79 bits per heavy atom. The summed E-state index contributed by atoms with van der Waals surface area (Å²) in [7, 11) is 0. The molecule has 15 heteroatoms. The molecule has 9 nitrogen and oxygen atoms in total. The summed E-state index contributed by atoms with van der Waals surface area (Å²) in [6.07, 6.45) is 2.14. The molecule has 0 saturated carbocycles. The third-order valence-electron chi connectivity index (χ3n) is 6.79. The summed E-state index contributed by atoms with van der Waals surface area (Å²) >= 11 is -2.90. The number of nitrogens with zero attached hydrogens (tertiary/aromatic N) is 3. The number of rotatable bonds is 9. The van der Waals surface area contributed by atoms with Crippen LogP contribution in [0.3, 0.4) is 0 Å². The van der Waals surface area contributed by atoms with Gasteiger partial charge < -0.3 is 15.4 Å². The van der Waals surface area contributed by atoms with E-state index in [1.54, 1.807) is 18.2 Å². The van der Waals surface area contributed by atoms with Gasteiger partial charge in [-0.1, -0.05) is 6.07 Å². The van der Waals surface area contributed by atoms with Crippen molar-refractivity contribution in [1.82, 2.24) is 25.0 Å². The highest BCUT2D eigenvalue weighted by atomic mass is 32.2. The molecule has 5 rings (SSSR count). The van der Waals surface area contributed by atoms with Gasteiger partial charge in [-0.25, -0.2) is 45.8 Å².